The molecule has 1 N–H and O–H groups in total. The molecule has 2 aliphatic rings. The number of nitrogens with one attached hydrogen (secondary N) is 1. The predicted octanol–water partition coefficient (Wildman–Crippen LogP) is 5.21. The van der Waals surface area contributed by atoms with Gasteiger partial charge >= 0.3 is 0 Å². The molecular formula is C22H32N4O2. The van der Waals surface area contributed by atoms with Crippen molar-refractivity contribution in [2.45, 2.75) is 96.9 Å². The maximum atomic E-state index is 10.1. The first-order valence-corrected chi connectivity index (χ1v) is 10.6. The van der Waals surface area contributed by atoms with Crippen LogP contribution in [-0.2, 0) is 9.47 Å². The first-order chi connectivity index (χ1) is 13.4. The highest BCUT2D eigenvalue weighted by molar-refractivity contribution is 5.89. The molecule has 0 radical (unpaired) electrons. The van der Waals surface area contributed by atoms with Gasteiger partial charge in [-0.1, -0.05) is 65.2 Å². The number of nitrogens with zero attached hydrogens (tertiary/aromatic N) is 3. The molecule has 4 unspecified atom stereocenters. The van der Waals surface area contributed by atoms with Crippen molar-refractivity contribution in [2.75, 3.05) is 0 Å². The van der Waals surface area contributed by atoms with Gasteiger partial charge in [-0.25, -0.2) is 0 Å². The Morgan fingerprint density at radius 1 is 0.893 bits per heavy atom. The smallest absolute Gasteiger partial charge is 0.214 e. The van der Waals surface area contributed by atoms with Gasteiger partial charge in [0.25, 0.3) is 0 Å². The van der Waals surface area contributed by atoms with E-state index in [-0.39, 0.29) is 5.90 Å². The molecule has 2 heterocycles. The molecule has 0 aromatic rings. The zero-order chi connectivity index (χ0) is 20.8. The van der Waals surface area contributed by atoms with Gasteiger partial charge in [-0.2, -0.15) is 15.8 Å². The summed E-state index contributed by atoms with van der Waals surface area (Å²) in [5.74, 6) is -1.93. The molecular weight excluding hydrogens is 352 g/mol. The summed E-state index contributed by atoms with van der Waals surface area (Å²) < 4.78 is 11.9. The van der Waals surface area contributed by atoms with E-state index in [0.717, 1.165) is 25.7 Å². The van der Waals surface area contributed by atoms with Crippen molar-refractivity contribution in [3.05, 3.63) is 0 Å². The number of unbranched alkanes of at least 4 members (excludes halogenated alkanes) is 6. The second-order valence-electron chi connectivity index (χ2n) is 8.26. The van der Waals surface area contributed by atoms with Crippen molar-refractivity contribution in [1.82, 2.24) is 0 Å². The number of nitriles is 3. The van der Waals surface area contributed by atoms with Crippen LogP contribution >= 0.6 is 0 Å². The van der Waals surface area contributed by atoms with E-state index in [1.165, 1.54) is 25.7 Å². The maximum absolute atomic E-state index is 10.1. The van der Waals surface area contributed by atoms with Crippen molar-refractivity contribution < 1.29 is 9.47 Å². The van der Waals surface area contributed by atoms with Crippen LogP contribution in [0.4, 0.5) is 0 Å². The van der Waals surface area contributed by atoms with Crippen LogP contribution in [0.2, 0.25) is 0 Å². The van der Waals surface area contributed by atoms with Crippen molar-refractivity contribution in [1.29, 1.82) is 21.2 Å². The molecule has 0 saturated carbocycles. The molecule has 28 heavy (non-hydrogen) atoms. The van der Waals surface area contributed by atoms with E-state index in [0.29, 0.717) is 12.8 Å². The average molecular weight is 385 g/mol. The quantitative estimate of drug-likeness (QED) is 0.519. The monoisotopic (exact) mass is 384 g/mol. The summed E-state index contributed by atoms with van der Waals surface area (Å²) in [6.45, 7) is 5.91. The van der Waals surface area contributed by atoms with E-state index in [1.54, 1.807) is 6.92 Å². The molecule has 4 atom stereocenters. The molecule has 6 heteroatoms. The van der Waals surface area contributed by atoms with Crippen molar-refractivity contribution in [3.63, 3.8) is 0 Å². The molecule has 152 valence electrons. The second kappa shape index (κ2) is 8.93. The molecule has 2 saturated heterocycles. The highest BCUT2D eigenvalue weighted by atomic mass is 16.7. The van der Waals surface area contributed by atoms with E-state index in [9.17, 15) is 15.8 Å². The highest BCUT2D eigenvalue weighted by Gasteiger charge is 2.78. The Morgan fingerprint density at radius 2 is 1.50 bits per heavy atom. The van der Waals surface area contributed by atoms with E-state index < -0.39 is 28.6 Å². The average Bonchev–Trinajstić information content (AvgIpc) is 2.85. The fraction of sp³-hybridized carbons (Fsp3) is 0.818. The molecule has 2 bridgehead atoms. The summed E-state index contributed by atoms with van der Waals surface area (Å²) in [5, 5.41) is 38.6. The van der Waals surface area contributed by atoms with Gasteiger partial charge < -0.3 is 9.47 Å². The minimum Gasteiger partial charge on any atom is -0.448 e. The summed E-state index contributed by atoms with van der Waals surface area (Å²) in [6, 6.07) is 6.42. The lowest BCUT2D eigenvalue weighted by atomic mass is 9.53. The summed E-state index contributed by atoms with van der Waals surface area (Å²) in [4.78, 5) is 0. The summed E-state index contributed by atoms with van der Waals surface area (Å²) in [7, 11) is 0. The Kier molecular flexibility index (Phi) is 7.08. The topological polar surface area (TPSA) is 114 Å². The number of fused-ring (bicyclic) bond motifs is 2. The molecule has 0 amide bonds. The van der Waals surface area contributed by atoms with Gasteiger partial charge in [0.1, 0.15) is 0 Å². The van der Waals surface area contributed by atoms with Crippen molar-refractivity contribution in [2.24, 2.45) is 16.7 Å². The molecule has 2 fully saturated rings. The van der Waals surface area contributed by atoms with Crippen LogP contribution in [0.15, 0.2) is 0 Å². The lowest BCUT2D eigenvalue weighted by molar-refractivity contribution is -0.272. The van der Waals surface area contributed by atoms with Crippen LogP contribution in [0, 0.1) is 56.2 Å². The van der Waals surface area contributed by atoms with Crippen LogP contribution in [0.5, 0.6) is 0 Å². The Hall–Kier alpha value is -2.10. The molecule has 0 aromatic heterocycles. The Labute approximate surface area is 168 Å². The van der Waals surface area contributed by atoms with E-state index in [2.05, 4.69) is 25.1 Å². The number of hydrogen-bond acceptors (Lipinski definition) is 6. The minimum absolute atomic E-state index is 0.291. The van der Waals surface area contributed by atoms with E-state index in [4.69, 9.17) is 14.9 Å². The minimum atomic E-state index is -1.73. The largest absolute Gasteiger partial charge is 0.448 e. The van der Waals surface area contributed by atoms with Gasteiger partial charge in [-0.05, 0) is 12.8 Å². The summed E-state index contributed by atoms with van der Waals surface area (Å²) >= 11 is 0. The van der Waals surface area contributed by atoms with Crippen LogP contribution in [-0.4, -0.2) is 17.8 Å². The van der Waals surface area contributed by atoms with Gasteiger partial charge in [0, 0.05) is 6.92 Å². The first-order valence-electron chi connectivity index (χ1n) is 10.6. The van der Waals surface area contributed by atoms with Gasteiger partial charge in [0.15, 0.2) is 10.8 Å². The zero-order valence-corrected chi connectivity index (χ0v) is 17.4. The van der Waals surface area contributed by atoms with Gasteiger partial charge in [-0.3, -0.25) is 5.41 Å². The first kappa shape index (κ1) is 22.2. The number of hydrogen-bond donors (Lipinski definition) is 1. The SMILES string of the molecule is CCCCCCCCCC1OC2(C)OC(=N)C(C#N)(C2CCC)C1(C#N)C#N. The number of rotatable bonds is 10. The molecule has 6 nitrogen and oxygen atoms in total. The lowest BCUT2D eigenvalue weighted by Crippen LogP contribution is -2.61. The van der Waals surface area contributed by atoms with Gasteiger partial charge in [0.2, 0.25) is 11.7 Å². The third-order valence-electron chi connectivity index (χ3n) is 6.48. The van der Waals surface area contributed by atoms with Crippen molar-refractivity contribution in [3.8, 4) is 18.2 Å². The van der Waals surface area contributed by atoms with Crippen molar-refractivity contribution >= 4 is 5.90 Å². The summed E-state index contributed by atoms with van der Waals surface area (Å²) in [5.41, 5.74) is -3.30. The molecule has 0 spiro atoms. The van der Waals surface area contributed by atoms with Gasteiger partial charge in [-0.15, -0.1) is 0 Å². The molecule has 2 rings (SSSR count). The molecule has 2 aliphatic heterocycles. The molecule has 0 aliphatic carbocycles. The maximum Gasteiger partial charge on any atom is 0.214 e. The normalized spacial score (nSPS) is 32.8. The Balaban J connectivity index is 2.25. The van der Waals surface area contributed by atoms with Gasteiger partial charge in [0.05, 0.1) is 30.2 Å². The fourth-order valence-corrected chi connectivity index (χ4v) is 4.98. The third kappa shape index (κ3) is 3.27. The Morgan fingerprint density at radius 3 is 2.04 bits per heavy atom. The third-order valence-corrected chi connectivity index (χ3v) is 6.48. The standard InChI is InChI=1S/C22H32N4O2/c1-4-6-7-8-9-10-11-13-18-21(14-23,15-24)22(16-25)17(12-5-2)20(3,27-18)28-19(22)26/h17-18,26H,4-13H2,1-3H3. The van der Waals surface area contributed by atoms with Crippen LogP contribution in [0.1, 0.15) is 85.0 Å². The van der Waals surface area contributed by atoms with Crippen LogP contribution in [0.25, 0.3) is 0 Å². The van der Waals surface area contributed by atoms with E-state index >= 15 is 0 Å². The second-order valence-corrected chi connectivity index (χ2v) is 8.26. The number of ether oxygens (including phenoxy) is 2. The highest BCUT2D eigenvalue weighted by Crippen LogP contribution is 2.64. The zero-order valence-electron chi connectivity index (χ0n) is 17.4. The van der Waals surface area contributed by atoms with E-state index in [1.807, 2.05) is 6.92 Å². The lowest BCUT2D eigenvalue weighted by Gasteiger charge is -2.48. The Bertz CT molecular complexity index is 687. The van der Waals surface area contributed by atoms with Crippen LogP contribution in [0.3, 0.4) is 0 Å². The van der Waals surface area contributed by atoms with Crippen LogP contribution < -0.4 is 0 Å². The predicted molar refractivity (Wildman–Crippen MR) is 105 cm³/mol. The fourth-order valence-electron chi connectivity index (χ4n) is 4.98. The molecule has 0 aromatic carbocycles. The summed E-state index contributed by atoms with van der Waals surface area (Å²) in [6.07, 6.45) is 8.91.